The van der Waals surface area contributed by atoms with Crippen LogP contribution in [0.3, 0.4) is 0 Å². The molecule has 0 spiro atoms. The summed E-state index contributed by atoms with van der Waals surface area (Å²) in [5.74, 6) is 0.858. The first-order chi connectivity index (χ1) is 9.94. The van der Waals surface area contributed by atoms with Crippen LogP contribution < -0.4 is 10.1 Å². The molecule has 0 aliphatic carbocycles. The van der Waals surface area contributed by atoms with Gasteiger partial charge in [0.15, 0.2) is 0 Å². The summed E-state index contributed by atoms with van der Waals surface area (Å²) in [7, 11) is 0. The number of halogens is 1. The molecule has 0 aliphatic heterocycles. The summed E-state index contributed by atoms with van der Waals surface area (Å²) in [6, 6.07) is 9.58. The molecule has 0 saturated carbocycles. The lowest BCUT2D eigenvalue weighted by Crippen LogP contribution is -2.35. The van der Waals surface area contributed by atoms with Crippen LogP contribution in [-0.4, -0.2) is 10.5 Å². The molecule has 1 heterocycles. The van der Waals surface area contributed by atoms with Crippen molar-refractivity contribution in [3.8, 4) is 5.75 Å². The minimum atomic E-state index is 0.0588. The average molecular weight is 305 g/mol. The Hall–Kier alpha value is -1.58. The van der Waals surface area contributed by atoms with E-state index in [-0.39, 0.29) is 5.54 Å². The van der Waals surface area contributed by atoms with Crippen molar-refractivity contribution in [2.24, 2.45) is 0 Å². The minimum Gasteiger partial charge on any atom is -0.488 e. The van der Waals surface area contributed by atoms with Crippen LogP contribution >= 0.6 is 11.6 Å². The lowest BCUT2D eigenvalue weighted by molar-refractivity contribution is 0.299. The molecule has 0 radical (unpaired) electrons. The second kappa shape index (κ2) is 6.92. The second-order valence-corrected chi connectivity index (χ2v) is 6.44. The zero-order valence-electron chi connectivity index (χ0n) is 12.7. The summed E-state index contributed by atoms with van der Waals surface area (Å²) < 4.78 is 5.91. The highest BCUT2D eigenvalue weighted by Gasteiger charge is 2.11. The van der Waals surface area contributed by atoms with Crippen molar-refractivity contribution in [2.45, 2.75) is 39.5 Å². The molecule has 1 N–H and O–H groups in total. The summed E-state index contributed by atoms with van der Waals surface area (Å²) >= 11 is 5.88. The zero-order valence-corrected chi connectivity index (χ0v) is 13.4. The maximum atomic E-state index is 5.91. The Morgan fingerprint density at radius 2 is 1.86 bits per heavy atom. The number of pyridine rings is 1. The van der Waals surface area contributed by atoms with E-state index >= 15 is 0 Å². The number of aromatic nitrogens is 1. The largest absolute Gasteiger partial charge is 0.488 e. The highest BCUT2D eigenvalue weighted by molar-refractivity contribution is 6.30. The van der Waals surface area contributed by atoms with E-state index in [1.54, 1.807) is 6.20 Å². The van der Waals surface area contributed by atoms with Crippen molar-refractivity contribution in [3.63, 3.8) is 0 Å². The van der Waals surface area contributed by atoms with E-state index in [1.165, 1.54) is 0 Å². The third-order valence-corrected chi connectivity index (χ3v) is 3.23. The molecule has 2 aromatic rings. The fraction of sp³-hybridized carbons (Fsp3) is 0.353. The lowest BCUT2D eigenvalue weighted by Gasteiger charge is -2.21. The van der Waals surface area contributed by atoms with Gasteiger partial charge in [-0.25, -0.2) is 0 Å². The highest BCUT2D eigenvalue weighted by Crippen LogP contribution is 2.19. The Labute approximate surface area is 131 Å². The van der Waals surface area contributed by atoms with E-state index in [4.69, 9.17) is 16.3 Å². The van der Waals surface area contributed by atoms with Crippen LogP contribution in [0.5, 0.6) is 5.75 Å². The van der Waals surface area contributed by atoms with Gasteiger partial charge in [-0.05, 0) is 44.5 Å². The summed E-state index contributed by atoms with van der Waals surface area (Å²) in [6.45, 7) is 7.66. The van der Waals surface area contributed by atoms with Gasteiger partial charge in [0.05, 0.1) is 0 Å². The van der Waals surface area contributed by atoms with Crippen LogP contribution in [0.15, 0.2) is 42.7 Å². The van der Waals surface area contributed by atoms with Crippen LogP contribution in [0.4, 0.5) is 0 Å². The number of nitrogens with one attached hydrogen (secondary N) is 1. The van der Waals surface area contributed by atoms with Crippen LogP contribution in [0.25, 0.3) is 0 Å². The van der Waals surface area contributed by atoms with E-state index in [0.717, 1.165) is 28.4 Å². The Morgan fingerprint density at radius 3 is 2.52 bits per heavy atom. The standard InChI is InChI=1S/C17H21ClN2O/c1-17(2,3)20-11-14-10-19-9-8-16(14)21-12-13-4-6-15(18)7-5-13/h4-10,20H,11-12H2,1-3H3. The average Bonchev–Trinajstić information content (AvgIpc) is 2.44. The molecule has 0 fully saturated rings. The molecule has 4 heteroatoms. The molecule has 3 nitrogen and oxygen atoms in total. The molecule has 2 rings (SSSR count). The topological polar surface area (TPSA) is 34.2 Å². The predicted molar refractivity (Wildman–Crippen MR) is 86.6 cm³/mol. The van der Waals surface area contributed by atoms with E-state index in [0.29, 0.717) is 6.61 Å². The first-order valence-electron chi connectivity index (χ1n) is 6.99. The van der Waals surface area contributed by atoms with E-state index in [2.05, 4.69) is 31.1 Å². The third kappa shape index (κ3) is 5.37. The van der Waals surface area contributed by atoms with Gasteiger partial charge in [0.25, 0.3) is 0 Å². The number of rotatable bonds is 5. The van der Waals surface area contributed by atoms with E-state index in [1.807, 2.05) is 36.5 Å². The van der Waals surface area contributed by atoms with Crippen molar-refractivity contribution < 1.29 is 4.74 Å². The molecule has 112 valence electrons. The normalized spacial score (nSPS) is 11.4. The van der Waals surface area contributed by atoms with Crippen molar-refractivity contribution in [1.29, 1.82) is 0 Å². The maximum absolute atomic E-state index is 5.91. The van der Waals surface area contributed by atoms with E-state index < -0.39 is 0 Å². The summed E-state index contributed by atoms with van der Waals surface area (Å²) in [5, 5.41) is 4.18. The van der Waals surface area contributed by atoms with Crippen molar-refractivity contribution in [1.82, 2.24) is 10.3 Å². The van der Waals surface area contributed by atoms with Gasteiger partial charge in [-0.1, -0.05) is 23.7 Å². The first-order valence-corrected chi connectivity index (χ1v) is 7.37. The molecule has 1 aromatic heterocycles. The number of nitrogens with zero attached hydrogens (tertiary/aromatic N) is 1. The van der Waals surface area contributed by atoms with Gasteiger partial charge in [-0.3, -0.25) is 4.98 Å². The lowest BCUT2D eigenvalue weighted by atomic mass is 10.1. The number of ether oxygens (including phenoxy) is 1. The number of hydrogen-bond donors (Lipinski definition) is 1. The Bertz CT molecular complexity index is 576. The third-order valence-electron chi connectivity index (χ3n) is 2.98. The van der Waals surface area contributed by atoms with Crippen LogP contribution in [0, 0.1) is 0 Å². The smallest absolute Gasteiger partial charge is 0.127 e. The van der Waals surface area contributed by atoms with Gasteiger partial charge < -0.3 is 10.1 Å². The molecule has 0 aliphatic rings. The maximum Gasteiger partial charge on any atom is 0.127 e. The molecular formula is C17H21ClN2O. The van der Waals surface area contributed by atoms with Crippen LogP contribution in [0.2, 0.25) is 5.02 Å². The van der Waals surface area contributed by atoms with Gasteiger partial charge in [0.2, 0.25) is 0 Å². The molecular weight excluding hydrogens is 284 g/mol. The molecule has 0 saturated heterocycles. The molecule has 0 atom stereocenters. The molecule has 0 unspecified atom stereocenters. The van der Waals surface area contributed by atoms with Gasteiger partial charge >= 0.3 is 0 Å². The summed E-state index contributed by atoms with van der Waals surface area (Å²) in [6.07, 6.45) is 3.59. The van der Waals surface area contributed by atoms with Gasteiger partial charge in [0.1, 0.15) is 12.4 Å². The van der Waals surface area contributed by atoms with Crippen LogP contribution in [0.1, 0.15) is 31.9 Å². The molecule has 0 amide bonds. The molecule has 21 heavy (non-hydrogen) atoms. The van der Waals surface area contributed by atoms with Gasteiger partial charge in [0, 0.05) is 35.1 Å². The van der Waals surface area contributed by atoms with Crippen molar-refractivity contribution in [3.05, 3.63) is 58.9 Å². The van der Waals surface area contributed by atoms with Gasteiger partial charge in [-0.2, -0.15) is 0 Å². The van der Waals surface area contributed by atoms with Crippen LogP contribution in [-0.2, 0) is 13.2 Å². The van der Waals surface area contributed by atoms with E-state index in [9.17, 15) is 0 Å². The van der Waals surface area contributed by atoms with Gasteiger partial charge in [-0.15, -0.1) is 0 Å². The highest BCUT2D eigenvalue weighted by atomic mass is 35.5. The van der Waals surface area contributed by atoms with Crippen molar-refractivity contribution in [2.75, 3.05) is 0 Å². The zero-order chi connectivity index (χ0) is 15.3. The summed E-state index contributed by atoms with van der Waals surface area (Å²) in [5.41, 5.74) is 2.20. The molecule has 0 bridgehead atoms. The Morgan fingerprint density at radius 1 is 1.14 bits per heavy atom. The fourth-order valence-corrected chi connectivity index (χ4v) is 1.92. The molecule has 1 aromatic carbocycles. The predicted octanol–water partition coefficient (Wildman–Crippen LogP) is 4.20. The SMILES string of the molecule is CC(C)(C)NCc1cnccc1OCc1ccc(Cl)cc1. The Kier molecular flexibility index (Phi) is 5.21. The second-order valence-electron chi connectivity index (χ2n) is 6.00. The quantitative estimate of drug-likeness (QED) is 0.899. The summed E-state index contributed by atoms with van der Waals surface area (Å²) in [4.78, 5) is 4.18. The Balaban J connectivity index is 2.01. The minimum absolute atomic E-state index is 0.0588. The van der Waals surface area contributed by atoms with Crippen molar-refractivity contribution >= 4 is 11.6 Å². The number of benzene rings is 1. The monoisotopic (exact) mass is 304 g/mol. The number of hydrogen-bond acceptors (Lipinski definition) is 3. The fourth-order valence-electron chi connectivity index (χ4n) is 1.79. The first kappa shape index (κ1) is 15.8.